The molecule has 0 atom stereocenters. The summed E-state index contributed by atoms with van der Waals surface area (Å²) >= 11 is 1.56. The van der Waals surface area contributed by atoms with Crippen molar-refractivity contribution in [2.75, 3.05) is 12.4 Å². The Kier molecular flexibility index (Phi) is 4.23. The average Bonchev–Trinajstić information content (AvgIpc) is 3.06. The Labute approximate surface area is 148 Å². The minimum absolute atomic E-state index is 0.258. The summed E-state index contributed by atoms with van der Waals surface area (Å²) in [6, 6.07) is 14.1. The number of rotatable bonds is 4. The van der Waals surface area contributed by atoms with E-state index >= 15 is 0 Å². The third kappa shape index (κ3) is 3.15. The Bertz CT molecular complexity index is 937. The number of hydrogen-bond donors (Lipinski definition) is 0. The fourth-order valence-corrected chi connectivity index (χ4v) is 3.42. The van der Waals surface area contributed by atoms with Gasteiger partial charge in [-0.15, -0.1) is 10.2 Å². The van der Waals surface area contributed by atoms with Crippen LogP contribution in [0.3, 0.4) is 0 Å². The Hall–Kier alpha value is -2.67. The molecule has 2 heterocycles. The molecule has 5 nitrogen and oxygen atoms in total. The number of aromatic nitrogens is 3. The zero-order valence-electron chi connectivity index (χ0n) is 13.5. The van der Waals surface area contributed by atoms with E-state index in [9.17, 15) is 4.39 Å². The normalized spacial score (nSPS) is 13.3. The SMILES string of the molecule is CCOc1cccc(-c2nnc3n2N=C(c2ccc(F)cc2)CS3)c1. The summed E-state index contributed by atoms with van der Waals surface area (Å²) in [6.07, 6.45) is 0. The van der Waals surface area contributed by atoms with Crippen LogP contribution >= 0.6 is 11.8 Å². The zero-order valence-corrected chi connectivity index (χ0v) is 14.3. The first-order valence-corrected chi connectivity index (χ1v) is 8.88. The molecule has 0 fully saturated rings. The topological polar surface area (TPSA) is 52.3 Å². The van der Waals surface area contributed by atoms with Crippen LogP contribution in [0.25, 0.3) is 11.4 Å². The molecule has 0 amide bonds. The summed E-state index contributed by atoms with van der Waals surface area (Å²) < 4.78 is 20.4. The van der Waals surface area contributed by atoms with Gasteiger partial charge in [0, 0.05) is 11.3 Å². The second kappa shape index (κ2) is 6.68. The van der Waals surface area contributed by atoms with Crippen LogP contribution in [0.2, 0.25) is 0 Å². The van der Waals surface area contributed by atoms with Crippen LogP contribution in [0.5, 0.6) is 5.75 Å². The first kappa shape index (κ1) is 15.8. The summed E-state index contributed by atoms with van der Waals surface area (Å²) in [7, 11) is 0. The first-order chi connectivity index (χ1) is 12.2. The van der Waals surface area contributed by atoms with Crippen molar-refractivity contribution in [3.63, 3.8) is 0 Å². The van der Waals surface area contributed by atoms with E-state index in [1.54, 1.807) is 28.6 Å². The molecule has 126 valence electrons. The van der Waals surface area contributed by atoms with Gasteiger partial charge in [-0.3, -0.25) is 0 Å². The van der Waals surface area contributed by atoms with Crippen molar-refractivity contribution in [1.82, 2.24) is 14.9 Å². The summed E-state index contributed by atoms with van der Waals surface area (Å²) in [5.74, 6) is 1.85. The lowest BCUT2D eigenvalue weighted by Crippen LogP contribution is -2.13. The van der Waals surface area contributed by atoms with E-state index < -0.39 is 0 Å². The van der Waals surface area contributed by atoms with Crippen LogP contribution in [0.1, 0.15) is 12.5 Å². The Balaban J connectivity index is 1.74. The van der Waals surface area contributed by atoms with Crippen LogP contribution in [-0.4, -0.2) is 32.9 Å². The highest BCUT2D eigenvalue weighted by Gasteiger charge is 2.21. The van der Waals surface area contributed by atoms with Gasteiger partial charge in [0.1, 0.15) is 11.6 Å². The van der Waals surface area contributed by atoms with Crippen LogP contribution in [0.15, 0.2) is 58.8 Å². The molecule has 0 unspecified atom stereocenters. The van der Waals surface area contributed by atoms with E-state index in [1.807, 2.05) is 31.2 Å². The lowest BCUT2D eigenvalue weighted by atomic mass is 10.1. The third-order valence-electron chi connectivity index (χ3n) is 3.75. The summed E-state index contributed by atoms with van der Waals surface area (Å²) in [5.41, 5.74) is 2.64. The molecule has 0 N–H and O–H groups in total. The Morgan fingerprint density at radius 3 is 2.76 bits per heavy atom. The fraction of sp³-hybridized carbons (Fsp3) is 0.167. The molecule has 7 heteroatoms. The van der Waals surface area contributed by atoms with Crippen LogP contribution in [-0.2, 0) is 0 Å². The smallest absolute Gasteiger partial charge is 0.212 e. The first-order valence-electron chi connectivity index (χ1n) is 7.90. The number of halogens is 1. The summed E-state index contributed by atoms with van der Waals surface area (Å²) in [4.78, 5) is 0. The molecule has 0 radical (unpaired) electrons. The third-order valence-corrected chi connectivity index (χ3v) is 4.68. The van der Waals surface area contributed by atoms with Gasteiger partial charge >= 0.3 is 0 Å². The highest BCUT2D eigenvalue weighted by Crippen LogP contribution is 2.29. The van der Waals surface area contributed by atoms with Crippen LogP contribution in [0.4, 0.5) is 4.39 Å². The molecular weight excluding hydrogens is 339 g/mol. The van der Waals surface area contributed by atoms with Crippen molar-refractivity contribution in [1.29, 1.82) is 0 Å². The van der Waals surface area contributed by atoms with Crippen molar-refractivity contribution in [3.8, 4) is 17.1 Å². The molecule has 0 spiro atoms. The molecule has 0 aliphatic carbocycles. The maximum Gasteiger partial charge on any atom is 0.212 e. The van der Waals surface area contributed by atoms with E-state index in [0.29, 0.717) is 18.2 Å². The van der Waals surface area contributed by atoms with Crippen molar-refractivity contribution in [2.24, 2.45) is 5.10 Å². The average molecular weight is 354 g/mol. The molecule has 2 aromatic carbocycles. The quantitative estimate of drug-likeness (QED) is 0.714. The van der Waals surface area contributed by atoms with Gasteiger partial charge in [-0.05, 0) is 36.8 Å². The Morgan fingerprint density at radius 2 is 1.96 bits per heavy atom. The van der Waals surface area contributed by atoms with Crippen LogP contribution < -0.4 is 4.74 Å². The van der Waals surface area contributed by atoms with Gasteiger partial charge in [0.05, 0.1) is 12.3 Å². The highest BCUT2D eigenvalue weighted by atomic mass is 32.2. The molecule has 3 aromatic rings. The lowest BCUT2D eigenvalue weighted by molar-refractivity contribution is 0.340. The van der Waals surface area contributed by atoms with E-state index in [-0.39, 0.29) is 5.82 Å². The zero-order chi connectivity index (χ0) is 17.2. The van der Waals surface area contributed by atoms with Gasteiger partial charge in [0.25, 0.3) is 0 Å². The predicted octanol–water partition coefficient (Wildman–Crippen LogP) is 3.84. The molecule has 1 aromatic heterocycles. The summed E-state index contributed by atoms with van der Waals surface area (Å²) in [5, 5.41) is 13.9. The second-order valence-electron chi connectivity index (χ2n) is 5.42. The molecule has 0 bridgehead atoms. The fourth-order valence-electron chi connectivity index (χ4n) is 2.58. The van der Waals surface area contributed by atoms with E-state index in [1.165, 1.54) is 12.1 Å². The molecule has 0 saturated heterocycles. The number of benzene rings is 2. The maximum atomic E-state index is 13.1. The van der Waals surface area contributed by atoms with Crippen molar-refractivity contribution in [3.05, 3.63) is 59.9 Å². The number of fused-ring (bicyclic) bond motifs is 1. The van der Waals surface area contributed by atoms with Gasteiger partial charge < -0.3 is 4.74 Å². The van der Waals surface area contributed by atoms with Crippen molar-refractivity contribution >= 4 is 17.5 Å². The minimum Gasteiger partial charge on any atom is -0.494 e. The van der Waals surface area contributed by atoms with Crippen LogP contribution in [0, 0.1) is 5.82 Å². The number of nitrogens with zero attached hydrogens (tertiary/aromatic N) is 4. The molecule has 4 rings (SSSR count). The number of ether oxygens (including phenoxy) is 1. The minimum atomic E-state index is -0.258. The molecule has 0 saturated carbocycles. The number of thioether (sulfide) groups is 1. The lowest BCUT2D eigenvalue weighted by Gasteiger charge is -2.14. The van der Waals surface area contributed by atoms with E-state index in [2.05, 4.69) is 15.3 Å². The molecule has 1 aliphatic rings. The summed E-state index contributed by atoms with van der Waals surface area (Å²) in [6.45, 7) is 2.55. The Morgan fingerprint density at radius 1 is 1.12 bits per heavy atom. The van der Waals surface area contributed by atoms with Crippen molar-refractivity contribution in [2.45, 2.75) is 12.1 Å². The second-order valence-corrected chi connectivity index (χ2v) is 6.36. The predicted molar refractivity (Wildman–Crippen MR) is 95.7 cm³/mol. The monoisotopic (exact) mass is 354 g/mol. The largest absolute Gasteiger partial charge is 0.494 e. The molecular formula is C18H15FN4OS. The highest BCUT2D eigenvalue weighted by molar-refractivity contribution is 7.99. The molecule has 25 heavy (non-hydrogen) atoms. The van der Waals surface area contributed by atoms with Gasteiger partial charge in [-0.2, -0.15) is 9.78 Å². The van der Waals surface area contributed by atoms with Gasteiger partial charge in [-0.1, -0.05) is 36.0 Å². The van der Waals surface area contributed by atoms with E-state index in [4.69, 9.17) is 4.74 Å². The standard InChI is InChI=1S/C18H15FN4OS/c1-2-24-15-5-3-4-13(10-15)17-20-21-18-23(17)22-16(11-25-18)12-6-8-14(19)9-7-12/h3-10H,2,11H2,1H3. The van der Waals surface area contributed by atoms with Gasteiger partial charge in [-0.25, -0.2) is 4.39 Å². The van der Waals surface area contributed by atoms with Crippen molar-refractivity contribution < 1.29 is 9.13 Å². The number of hydrogen-bond acceptors (Lipinski definition) is 5. The van der Waals surface area contributed by atoms with E-state index in [0.717, 1.165) is 27.7 Å². The van der Waals surface area contributed by atoms with Gasteiger partial charge in [0.2, 0.25) is 5.16 Å². The van der Waals surface area contributed by atoms with Gasteiger partial charge in [0.15, 0.2) is 5.82 Å². The molecule has 1 aliphatic heterocycles. The maximum absolute atomic E-state index is 13.1.